The maximum absolute atomic E-state index is 13.3. The summed E-state index contributed by atoms with van der Waals surface area (Å²) >= 11 is 0. The summed E-state index contributed by atoms with van der Waals surface area (Å²) in [5.41, 5.74) is 3.80. The summed E-state index contributed by atoms with van der Waals surface area (Å²) in [6.45, 7) is 4.93. The van der Waals surface area contributed by atoms with Gasteiger partial charge in [-0.05, 0) is 62.1 Å². The van der Waals surface area contributed by atoms with Crippen LogP contribution in [0.15, 0.2) is 48.5 Å². The second-order valence-electron chi connectivity index (χ2n) is 6.90. The molecule has 0 unspecified atom stereocenters. The van der Waals surface area contributed by atoms with Crippen molar-refractivity contribution in [3.05, 3.63) is 59.7 Å². The highest BCUT2D eigenvalue weighted by molar-refractivity contribution is 5.99. The average Bonchev–Trinajstić information content (AvgIpc) is 2.62. The average molecular weight is 352 g/mol. The Kier molecular flexibility index (Phi) is 5.26. The molecule has 1 fully saturated rings. The number of carboxylic acid groups (broad SMARTS) is 1. The van der Waals surface area contributed by atoms with Crippen LogP contribution in [-0.2, 0) is 4.79 Å². The molecule has 0 radical (unpaired) electrons. The number of urea groups is 1. The lowest BCUT2D eigenvalue weighted by Crippen LogP contribution is -2.46. The summed E-state index contributed by atoms with van der Waals surface area (Å²) in [4.78, 5) is 27.9. The molecule has 0 spiro atoms. The normalized spacial score (nSPS) is 14.9. The van der Waals surface area contributed by atoms with E-state index >= 15 is 0 Å². The molecule has 0 saturated carbocycles. The molecule has 5 heteroatoms. The number of carboxylic acids is 1. The molecular formula is C21H24N2O3. The number of aryl methyl sites for hydroxylation is 2. The van der Waals surface area contributed by atoms with Gasteiger partial charge in [0.15, 0.2) is 0 Å². The molecule has 2 amide bonds. The van der Waals surface area contributed by atoms with Crippen LogP contribution >= 0.6 is 0 Å². The summed E-state index contributed by atoms with van der Waals surface area (Å²) in [7, 11) is 0. The van der Waals surface area contributed by atoms with Crippen molar-refractivity contribution in [3.8, 4) is 0 Å². The Morgan fingerprint density at radius 1 is 0.962 bits per heavy atom. The minimum Gasteiger partial charge on any atom is -0.481 e. The predicted octanol–water partition coefficient (Wildman–Crippen LogP) is 4.36. The van der Waals surface area contributed by atoms with E-state index in [1.807, 2.05) is 62.4 Å². The van der Waals surface area contributed by atoms with Crippen LogP contribution < -0.4 is 4.90 Å². The van der Waals surface area contributed by atoms with Gasteiger partial charge in [0.05, 0.1) is 17.3 Å². The molecule has 0 atom stereocenters. The first-order valence-electron chi connectivity index (χ1n) is 8.91. The number of aliphatic carboxylic acids is 1. The Labute approximate surface area is 153 Å². The largest absolute Gasteiger partial charge is 0.481 e. The van der Waals surface area contributed by atoms with Crippen LogP contribution in [0.3, 0.4) is 0 Å². The van der Waals surface area contributed by atoms with Crippen LogP contribution in [0.4, 0.5) is 16.2 Å². The van der Waals surface area contributed by atoms with E-state index in [4.69, 9.17) is 0 Å². The number of nitrogens with zero attached hydrogens (tertiary/aromatic N) is 2. The van der Waals surface area contributed by atoms with Crippen LogP contribution in [0.2, 0.25) is 0 Å². The molecule has 1 saturated heterocycles. The minimum atomic E-state index is -0.772. The fourth-order valence-corrected chi connectivity index (χ4v) is 3.36. The smallest absolute Gasteiger partial charge is 0.329 e. The molecule has 1 aliphatic rings. The summed E-state index contributed by atoms with van der Waals surface area (Å²) < 4.78 is 0. The van der Waals surface area contributed by atoms with Gasteiger partial charge < -0.3 is 10.0 Å². The highest BCUT2D eigenvalue weighted by Gasteiger charge is 2.30. The molecule has 3 rings (SSSR count). The van der Waals surface area contributed by atoms with Gasteiger partial charge >= 0.3 is 12.0 Å². The Balaban J connectivity index is 1.91. The standard InChI is InChI=1S/C21H24N2O3/c1-15-5-3-7-18(13-15)23(19-8-4-6-16(2)14-19)21(26)22-11-9-17(10-12-22)20(24)25/h3-8,13-14,17H,9-12H2,1-2H3,(H,24,25). The van der Waals surface area contributed by atoms with Gasteiger partial charge in [0.1, 0.15) is 0 Å². The molecule has 0 aliphatic carbocycles. The van der Waals surface area contributed by atoms with Gasteiger partial charge in [0, 0.05) is 13.1 Å². The van der Waals surface area contributed by atoms with Gasteiger partial charge in [0.2, 0.25) is 0 Å². The molecule has 1 aliphatic heterocycles. The van der Waals surface area contributed by atoms with Gasteiger partial charge in [-0.3, -0.25) is 9.69 Å². The van der Waals surface area contributed by atoms with E-state index in [1.165, 1.54) is 0 Å². The van der Waals surface area contributed by atoms with Gasteiger partial charge in [-0.2, -0.15) is 0 Å². The fourth-order valence-electron chi connectivity index (χ4n) is 3.36. The van der Waals surface area contributed by atoms with Crippen LogP contribution in [0.5, 0.6) is 0 Å². The quantitative estimate of drug-likeness (QED) is 0.893. The summed E-state index contributed by atoms with van der Waals surface area (Å²) in [6.07, 6.45) is 0.993. The first-order chi connectivity index (χ1) is 12.5. The van der Waals surface area contributed by atoms with Crippen molar-refractivity contribution >= 4 is 23.4 Å². The van der Waals surface area contributed by atoms with E-state index in [2.05, 4.69) is 0 Å². The second-order valence-corrected chi connectivity index (χ2v) is 6.90. The molecule has 2 aromatic rings. The lowest BCUT2D eigenvalue weighted by atomic mass is 9.97. The lowest BCUT2D eigenvalue weighted by molar-refractivity contribution is -0.143. The highest BCUT2D eigenvalue weighted by atomic mass is 16.4. The summed E-state index contributed by atoms with van der Waals surface area (Å²) in [6, 6.07) is 15.6. The minimum absolute atomic E-state index is 0.106. The topological polar surface area (TPSA) is 60.9 Å². The molecule has 136 valence electrons. The van der Waals surface area contributed by atoms with Crippen molar-refractivity contribution in [1.29, 1.82) is 0 Å². The maximum Gasteiger partial charge on any atom is 0.329 e. The molecule has 1 heterocycles. The van der Waals surface area contributed by atoms with E-state index in [9.17, 15) is 14.7 Å². The zero-order valence-corrected chi connectivity index (χ0v) is 15.2. The van der Waals surface area contributed by atoms with E-state index in [-0.39, 0.29) is 11.9 Å². The number of rotatable bonds is 3. The van der Waals surface area contributed by atoms with E-state index < -0.39 is 5.97 Å². The number of amides is 2. The molecule has 0 bridgehead atoms. The number of carbonyl (C=O) groups is 2. The third-order valence-corrected chi connectivity index (χ3v) is 4.83. The van der Waals surface area contributed by atoms with Crippen molar-refractivity contribution in [2.75, 3.05) is 18.0 Å². The predicted molar refractivity (Wildman–Crippen MR) is 102 cm³/mol. The zero-order chi connectivity index (χ0) is 18.7. The number of anilines is 2. The van der Waals surface area contributed by atoms with Crippen molar-refractivity contribution in [1.82, 2.24) is 4.90 Å². The van der Waals surface area contributed by atoms with Gasteiger partial charge in [-0.1, -0.05) is 24.3 Å². The first-order valence-corrected chi connectivity index (χ1v) is 8.91. The Morgan fingerprint density at radius 2 is 1.46 bits per heavy atom. The zero-order valence-electron chi connectivity index (χ0n) is 15.2. The number of hydrogen-bond donors (Lipinski definition) is 1. The number of hydrogen-bond acceptors (Lipinski definition) is 2. The van der Waals surface area contributed by atoms with Crippen LogP contribution in [0.1, 0.15) is 24.0 Å². The fraction of sp³-hybridized carbons (Fsp3) is 0.333. The Bertz CT molecular complexity index is 765. The van der Waals surface area contributed by atoms with Gasteiger partial charge in [-0.15, -0.1) is 0 Å². The molecule has 26 heavy (non-hydrogen) atoms. The van der Waals surface area contributed by atoms with Crippen molar-refractivity contribution in [2.24, 2.45) is 5.92 Å². The Hall–Kier alpha value is -2.82. The van der Waals surface area contributed by atoms with Crippen molar-refractivity contribution in [2.45, 2.75) is 26.7 Å². The van der Waals surface area contributed by atoms with Gasteiger partial charge in [0.25, 0.3) is 0 Å². The van der Waals surface area contributed by atoms with Gasteiger partial charge in [-0.25, -0.2) is 4.79 Å². The van der Waals surface area contributed by atoms with Crippen LogP contribution in [0.25, 0.3) is 0 Å². The number of carbonyl (C=O) groups excluding carboxylic acids is 1. The van der Waals surface area contributed by atoms with Crippen LogP contribution in [0, 0.1) is 19.8 Å². The summed E-state index contributed by atoms with van der Waals surface area (Å²) in [5, 5.41) is 9.18. The highest BCUT2D eigenvalue weighted by Crippen LogP contribution is 2.29. The third-order valence-electron chi connectivity index (χ3n) is 4.83. The second kappa shape index (κ2) is 7.60. The number of likely N-dealkylation sites (tertiary alicyclic amines) is 1. The molecule has 1 N–H and O–H groups in total. The van der Waals surface area contributed by atoms with Crippen LogP contribution in [-0.4, -0.2) is 35.1 Å². The molecular weight excluding hydrogens is 328 g/mol. The van der Waals surface area contributed by atoms with Crippen molar-refractivity contribution < 1.29 is 14.7 Å². The molecule has 5 nitrogen and oxygen atoms in total. The summed E-state index contributed by atoms with van der Waals surface area (Å²) in [5.74, 6) is -1.13. The van der Waals surface area contributed by atoms with E-state index in [1.54, 1.807) is 9.80 Å². The van der Waals surface area contributed by atoms with E-state index in [0.717, 1.165) is 22.5 Å². The van der Waals surface area contributed by atoms with Crippen molar-refractivity contribution in [3.63, 3.8) is 0 Å². The number of piperidine rings is 1. The number of benzene rings is 2. The third kappa shape index (κ3) is 3.87. The molecule has 2 aromatic carbocycles. The SMILES string of the molecule is Cc1cccc(N(C(=O)N2CCC(C(=O)O)CC2)c2cccc(C)c2)c1. The first kappa shape index (κ1) is 18.0. The maximum atomic E-state index is 13.3. The van der Waals surface area contributed by atoms with E-state index in [0.29, 0.717) is 25.9 Å². The Morgan fingerprint density at radius 3 is 1.88 bits per heavy atom. The lowest BCUT2D eigenvalue weighted by Gasteiger charge is -2.35. The monoisotopic (exact) mass is 352 g/mol. The molecule has 0 aromatic heterocycles.